The lowest BCUT2D eigenvalue weighted by atomic mass is 10.1. The van der Waals surface area contributed by atoms with Crippen molar-refractivity contribution in [3.05, 3.63) is 29.8 Å². The molecule has 1 aliphatic carbocycles. The van der Waals surface area contributed by atoms with E-state index in [4.69, 9.17) is 10.8 Å². The molecule has 1 fully saturated rings. The second-order valence-electron chi connectivity index (χ2n) is 5.71. The first kappa shape index (κ1) is 14.9. The quantitative estimate of drug-likeness (QED) is 0.293. The average molecular weight is 274 g/mol. The number of nitrogens with zero attached hydrogens (tertiary/aromatic N) is 2. The van der Waals surface area contributed by atoms with E-state index in [0.717, 1.165) is 11.4 Å². The molecule has 0 saturated heterocycles. The number of hydrogen-bond donors (Lipinski definition) is 2. The van der Waals surface area contributed by atoms with Crippen molar-refractivity contribution >= 4 is 11.5 Å². The molecule has 110 valence electrons. The number of hydrazine groups is 1. The van der Waals surface area contributed by atoms with Crippen LogP contribution in [0, 0.1) is 0 Å². The highest BCUT2D eigenvalue weighted by Crippen LogP contribution is 2.20. The van der Waals surface area contributed by atoms with Gasteiger partial charge in [-0.05, 0) is 37.1 Å². The summed E-state index contributed by atoms with van der Waals surface area (Å²) < 4.78 is 0. The van der Waals surface area contributed by atoms with Crippen LogP contribution in [-0.4, -0.2) is 26.0 Å². The Kier molecular flexibility index (Phi) is 5.41. The van der Waals surface area contributed by atoms with Gasteiger partial charge in [-0.1, -0.05) is 25.7 Å². The second kappa shape index (κ2) is 7.29. The molecule has 1 saturated carbocycles. The molecule has 0 aromatic heterocycles. The van der Waals surface area contributed by atoms with E-state index in [1.165, 1.54) is 44.2 Å². The molecule has 1 aromatic carbocycles. The molecule has 0 atom stereocenters. The third-order valence-corrected chi connectivity index (χ3v) is 3.93. The van der Waals surface area contributed by atoms with Crippen LogP contribution < -0.4 is 16.2 Å². The molecule has 0 aliphatic heterocycles. The van der Waals surface area contributed by atoms with E-state index in [1.54, 1.807) is 0 Å². The Hall–Kier alpha value is -1.55. The van der Waals surface area contributed by atoms with Crippen LogP contribution in [0.15, 0.2) is 29.3 Å². The molecule has 0 spiro atoms. The summed E-state index contributed by atoms with van der Waals surface area (Å²) >= 11 is 0. The van der Waals surface area contributed by atoms with Crippen LogP contribution in [0.2, 0.25) is 0 Å². The zero-order valence-corrected chi connectivity index (χ0v) is 12.6. The third-order valence-electron chi connectivity index (χ3n) is 3.93. The van der Waals surface area contributed by atoms with Crippen molar-refractivity contribution < 1.29 is 0 Å². The smallest absolute Gasteiger partial charge is 0.142 e. The van der Waals surface area contributed by atoms with Gasteiger partial charge in [0.25, 0.3) is 0 Å². The molecule has 1 aliphatic rings. The highest BCUT2D eigenvalue weighted by Gasteiger charge is 2.12. The summed E-state index contributed by atoms with van der Waals surface area (Å²) in [5.74, 6) is 6.48. The zero-order valence-electron chi connectivity index (χ0n) is 12.6. The van der Waals surface area contributed by atoms with Gasteiger partial charge in [0, 0.05) is 25.3 Å². The molecule has 0 unspecified atom stereocenters. The molecule has 0 radical (unpaired) electrons. The number of benzene rings is 1. The normalized spacial score (nSPS) is 17.6. The molecule has 2 rings (SSSR count). The standard InChI is InChI=1S/C16H26N4/c1-20(2)15-11-9-13(10-12-15)16(19-17)18-14-7-5-3-4-6-8-14/h9-12,14H,3-8,17H2,1-2H3,(H,18,19). The van der Waals surface area contributed by atoms with Crippen LogP contribution >= 0.6 is 0 Å². The Balaban J connectivity index is 2.13. The SMILES string of the molecule is CN(C)c1ccc(C(=NC2CCCCCC2)NN)cc1. The maximum atomic E-state index is 5.67. The van der Waals surface area contributed by atoms with Gasteiger partial charge in [0.1, 0.15) is 5.84 Å². The number of nitrogens with one attached hydrogen (secondary N) is 1. The number of amidine groups is 1. The lowest BCUT2D eigenvalue weighted by Crippen LogP contribution is -2.32. The van der Waals surface area contributed by atoms with Gasteiger partial charge in [0.15, 0.2) is 0 Å². The third kappa shape index (κ3) is 3.97. The number of rotatable bonds is 3. The fourth-order valence-corrected chi connectivity index (χ4v) is 2.68. The Labute approximate surface area is 122 Å². The lowest BCUT2D eigenvalue weighted by molar-refractivity contribution is 0.583. The summed E-state index contributed by atoms with van der Waals surface area (Å²) in [7, 11) is 4.08. The van der Waals surface area contributed by atoms with Crippen molar-refractivity contribution in [2.75, 3.05) is 19.0 Å². The first-order valence-electron chi connectivity index (χ1n) is 7.53. The molecule has 4 nitrogen and oxygen atoms in total. The summed E-state index contributed by atoms with van der Waals surface area (Å²) in [6.45, 7) is 0. The van der Waals surface area contributed by atoms with Gasteiger partial charge in [-0.2, -0.15) is 0 Å². The van der Waals surface area contributed by atoms with Crippen LogP contribution in [0.25, 0.3) is 0 Å². The topological polar surface area (TPSA) is 53.6 Å². The summed E-state index contributed by atoms with van der Waals surface area (Å²) in [5.41, 5.74) is 5.01. The van der Waals surface area contributed by atoms with Crippen LogP contribution in [0.3, 0.4) is 0 Å². The Bertz CT molecular complexity index is 428. The van der Waals surface area contributed by atoms with Crippen molar-refractivity contribution in [3.63, 3.8) is 0 Å². The van der Waals surface area contributed by atoms with Gasteiger partial charge < -0.3 is 10.3 Å². The van der Waals surface area contributed by atoms with Crippen molar-refractivity contribution in [1.29, 1.82) is 0 Å². The molecule has 3 N–H and O–H groups in total. The largest absolute Gasteiger partial charge is 0.378 e. The Morgan fingerprint density at radius 1 is 1.10 bits per heavy atom. The molecule has 0 heterocycles. The molecular formula is C16H26N4. The van der Waals surface area contributed by atoms with Gasteiger partial charge in [0.2, 0.25) is 0 Å². The fourth-order valence-electron chi connectivity index (χ4n) is 2.68. The number of anilines is 1. The minimum atomic E-state index is 0.414. The monoisotopic (exact) mass is 274 g/mol. The molecular weight excluding hydrogens is 248 g/mol. The van der Waals surface area contributed by atoms with Gasteiger partial charge in [-0.25, -0.2) is 5.84 Å². The molecule has 4 heteroatoms. The summed E-state index contributed by atoms with van der Waals surface area (Å²) in [6, 6.07) is 8.75. The van der Waals surface area contributed by atoms with Gasteiger partial charge in [-0.3, -0.25) is 4.99 Å². The van der Waals surface area contributed by atoms with Gasteiger partial charge in [0.05, 0.1) is 6.04 Å². The van der Waals surface area contributed by atoms with Crippen molar-refractivity contribution in [2.45, 2.75) is 44.6 Å². The maximum absolute atomic E-state index is 5.67. The zero-order chi connectivity index (χ0) is 14.4. The fraction of sp³-hybridized carbons (Fsp3) is 0.562. The second-order valence-corrected chi connectivity index (χ2v) is 5.71. The van der Waals surface area contributed by atoms with Crippen LogP contribution in [-0.2, 0) is 0 Å². The Morgan fingerprint density at radius 2 is 1.70 bits per heavy atom. The van der Waals surface area contributed by atoms with E-state index >= 15 is 0 Å². The highest BCUT2D eigenvalue weighted by molar-refractivity contribution is 5.98. The van der Waals surface area contributed by atoms with Crippen LogP contribution in [0.5, 0.6) is 0 Å². The highest BCUT2D eigenvalue weighted by atomic mass is 15.3. The first-order chi connectivity index (χ1) is 9.70. The Morgan fingerprint density at radius 3 is 2.20 bits per heavy atom. The van der Waals surface area contributed by atoms with Gasteiger partial charge >= 0.3 is 0 Å². The van der Waals surface area contributed by atoms with Crippen LogP contribution in [0.1, 0.15) is 44.1 Å². The molecule has 20 heavy (non-hydrogen) atoms. The number of hydrogen-bond acceptors (Lipinski definition) is 3. The number of nitrogens with two attached hydrogens (primary N) is 1. The summed E-state index contributed by atoms with van der Waals surface area (Å²) in [5, 5.41) is 0. The van der Waals surface area contributed by atoms with Crippen molar-refractivity contribution in [2.24, 2.45) is 10.8 Å². The van der Waals surface area contributed by atoms with Crippen molar-refractivity contribution in [1.82, 2.24) is 5.43 Å². The molecule has 1 aromatic rings. The summed E-state index contributed by atoms with van der Waals surface area (Å²) in [6.07, 6.45) is 7.61. The van der Waals surface area contributed by atoms with Crippen LogP contribution in [0.4, 0.5) is 5.69 Å². The predicted octanol–water partition coefficient (Wildman–Crippen LogP) is 2.69. The maximum Gasteiger partial charge on any atom is 0.142 e. The summed E-state index contributed by atoms with van der Waals surface area (Å²) in [4.78, 5) is 6.91. The van der Waals surface area contributed by atoms with E-state index in [-0.39, 0.29) is 0 Å². The van der Waals surface area contributed by atoms with E-state index < -0.39 is 0 Å². The van der Waals surface area contributed by atoms with E-state index in [1.807, 2.05) is 14.1 Å². The van der Waals surface area contributed by atoms with Gasteiger partial charge in [-0.15, -0.1) is 0 Å². The van der Waals surface area contributed by atoms with E-state index in [9.17, 15) is 0 Å². The van der Waals surface area contributed by atoms with E-state index in [0.29, 0.717) is 6.04 Å². The molecule has 0 amide bonds. The number of aliphatic imine (C=N–C) groups is 1. The van der Waals surface area contributed by atoms with Crippen molar-refractivity contribution in [3.8, 4) is 0 Å². The lowest BCUT2D eigenvalue weighted by Gasteiger charge is -2.15. The minimum Gasteiger partial charge on any atom is -0.378 e. The minimum absolute atomic E-state index is 0.414. The predicted molar refractivity (Wildman–Crippen MR) is 86.1 cm³/mol. The average Bonchev–Trinajstić information content (AvgIpc) is 2.73. The van der Waals surface area contributed by atoms with E-state index in [2.05, 4.69) is 34.6 Å². The first-order valence-corrected chi connectivity index (χ1v) is 7.53. The molecule has 0 bridgehead atoms.